The van der Waals surface area contributed by atoms with Gasteiger partial charge < -0.3 is 10.1 Å². The Morgan fingerprint density at radius 1 is 1.30 bits per heavy atom. The molecule has 1 aromatic heterocycles. The van der Waals surface area contributed by atoms with Gasteiger partial charge in [-0.1, -0.05) is 19.8 Å². The van der Waals surface area contributed by atoms with Crippen molar-refractivity contribution < 1.29 is 4.74 Å². The molecule has 1 aliphatic carbocycles. The predicted molar refractivity (Wildman–Crippen MR) is 83.2 cm³/mol. The van der Waals surface area contributed by atoms with Crippen LogP contribution in [0.15, 0.2) is 18.5 Å². The Morgan fingerprint density at radius 2 is 2.15 bits per heavy atom. The number of rotatable bonds is 6. The first-order valence-electron chi connectivity index (χ1n) is 8.00. The van der Waals surface area contributed by atoms with Crippen LogP contribution in [-0.4, -0.2) is 25.2 Å². The molecule has 0 bridgehead atoms. The fourth-order valence-electron chi connectivity index (χ4n) is 3.49. The Labute approximate surface area is 123 Å². The summed E-state index contributed by atoms with van der Waals surface area (Å²) in [5.74, 6) is 3.12. The lowest BCUT2D eigenvalue weighted by atomic mass is 9.70. The van der Waals surface area contributed by atoms with Crippen LogP contribution in [-0.2, 0) is 0 Å². The minimum absolute atomic E-state index is 0.619. The normalized spacial score (nSPS) is 26.4. The predicted octanol–water partition coefficient (Wildman–Crippen LogP) is 3.61. The molecule has 2 rings (SSSR count). The molecule has 1 fully saturated rings. The molecule has 0 amide bonds. The molecule has 0 radical (unpaired) electrons. The Hall–Kier alpha value is -1.09. The Bertz CT molecular complexity index is 408. The highest BCUT2D eigenvalue weighted by molar-refractivity contribution is 5.27. The Kier molecular flexibility index (Phi) is 5.84. The SMILES string of the molecule is CCOc1cncc(C2CC(CC)CCC2CNC)c1. The highest BCUT2D eigenvalue weighted by Crippen LogP contribution is 2.41. The number of hydrogen-bond donors (Lipinski definition) is 1. The van der Waals surface area contributed by atoms with E-state index in [1.807, 2.05) is 19.3 Å². The van der Waals surface area contributed by atoms with E-state index >= 15 is 0 Å². The molecule has 3 atom stereocenters. The molecule has 3 nitrogen and oxygen atoms in total. The molecule has 1 aromatic rings. The maximum atomic E-state index is 5.61. The summed E-state index contributed by atoms with van der Waals surface area (Å²) in [6.07, 6.45) is 9.14. The van der Waals surface area contributed by atoms with E-state index in [-0.39, 0.29) is 0 Å². The third-order valence-electron chi connectivity index (χ3n) is 4.62. The largest absolute Gasteiger partial charge is 0.492 e. The number of nitrogens with zero attached hydrogens (tertiary/aromatic N) is 1. The summed E-state index contributed by atoms with van der Waals surface area (Å²) in [5, 5.41) is 3.36. The number of nitrogens with one attached hydrogen (secondary N) is 1. The summed E-state index contributed by atoms with van der Waals surface area (Å²) < 4.78 is 5.61. The van der Waals surface area contributed by atoms with Crippen LogP contribution in [0.4, 0.5) is 0 Å². The minimum Gasteiger partial charge on any atom is -0.492 e. The molecule has 112 valence electrons. The first kappa shape index (κ1) is 15.3. The lowest BCUT2D eigenvalue weighted by molar-refractivity contribution is 0.227. The van der Waals surface area contributed by atoms with Crippen LogP contribution in [0.3, 0.4) is 0 Å². The molecule has 1 heterocycles. The average molecular weight is 276 g/mol. The molecule has 0 spiro atoms. The summed E-state index contributed by atoms with van der Waals surface area (Å²) in [4.78, 5) is 4.38. The van der Waals surface area contributed by atoms with Gasteiger partial charge in [-0.15, -0.1) is 0 Å². The molecule has 20 heavy (non-hydrogen) atoms. The van der Waals surface area contributed by atoms with Crippen molar-refractivity contribution in [2.75, 3.05) is 20.2 Å². The first-order chi connectivity index (χ1) is 9.78. The summed E-state index contributed by atoms with van der Waals surface area (Å²) in [5.41, 5.74) is 1.36. The second-order valence-electron chi connectivity index (χ2n) is 5.90. The maximum Gasteiger partial charge on any atom is 0.137 e. The lowest BCUT2D eigenvalue weighted by Gasteiger charge is -2.36. The molecular weight excluding hydrogens is 248 g/mol. The zero-order valence-electron chi connectivity index (χ0n) is 13.1. The molecule has 0 aliphatic heterocycles. The zero-order chi connectivity index (χ0) is 14.4. The van der Waals surface area contributed by atoms with Crippen molar-refractivity contribution in [1.82, 2.24) is 10.3 Å². The van der Waals surface area contributed by atoms with Gasteiger partial charge in [0, 0.05) is 6.20 Å². The van der Waals surface area contributed by atoms with Gasteiger partial charge in [0.15, 0.2) is 0 Å². The molecule has 0 aromatic carbocycles. The Balaban J connectivity index is 2.18. The van der Waals surface area contributed by atoms with Crippen molar-refractivity contribution in [3.05, 3.63) is 24.0 Å². The topological polar surface area (TPSA) is 34.1 Å². The van der Waals surface area contributed by atoms with E-state index in [4.69, 9.17) is 4.74 Å². The molecule has 3 heteroatoms. The van der Waals surface area contributed by atoms with Gasteiger partial charge in [-0.25, -0.2) is 0 Å². The standard InChI is InChI=1S/C17H28N2O/c1-4-13-6-7-14(10-18-3)17(8-13)15-9-16(20-5-2)12-19-11-15/h9,11-14,17-18H,4-8,10H2,1-3H3. The summed E-state index contributed by atoms with van der Waals surface area (Å²) in [6, 6.07) is 2.20. The van der Waals surface area contributed by atoms with Gasteiger partial charge in [-0.05, 0) is 62.7 Å². The van der Waals surface area contributed by atoms with Crippen LogP contribution in [0.1, 0.15) is 51.0 Å². The first-order valence-corrected chi connectivity index (χ1v) is 8.00. The maximum absolute atomic E-state index is 5.61. The van der Waals surface area contributed by atoms with E-state index in [2.05, 4.69) is 30.3 Å². The number of pyridine rings is 1. The van der Waals surface area contributed by atoms with Crippen molar-refractivity contribution >= 4 is 0 Å². The van der Waals surface area contributed by atoms with E-state index in [1.165, 1.54) is 31.2 Å². The van der Waals surface area contributed by atoms with Gasteiger partial charge in [0.05, 0.1) is 12.8 Å². The quantitative estimate of drug-likeness (QED) is 0.862. The summed E-state index contributed by atoms with van der Waals surface area (Å²) >= 11 is 0. The fraction of sp³-hybridized carbons (Fsp3) is 0.706. The molecule has 3 unspecified atom stereocenters. The van der Waals surface area contributed by atoms with Crippen molar-refractivity contribution in [2.45, 2.75) is 45.4 Å². The average Bonchev–Trinajstić information content (AvgIpc) is 2.48. The van der Waals surface area contributed by atoms with Gasteiger partial charge in [-0.3, -0.25) is 4.98 Å². The summed E-state index contributed by atoms with van der Waals surface area (Å²) in [7, 11) is 2.05. The van der Waals surface area contributed by atoms with Gasteiger partial charge in [0.25, 0.3) is 0 Å². The third kappa shape index (κ3) is 3.72. The number of aromatic nitrogens is 1. The van der Waals surface area contributed by atoms with Gasteiger partial charge in [0.2, 0.25) is 0 Å². The molecule has 1 aliphatic rings. The van der Waals surface area contributed by atoms with E-state index in [0.29, 0.717) is 12.5 Å². The number of ether oxygens (including phenoxy) is 1. The summed E-state index contributed by atoms with van der Waals surface area (Å²) in [6.45, 7) is 6.13. The molecule has 0 saturated heterocycles. The van der Waals surface area contributed by atoms with Crippen LogP contribution in [0.5, 0.6) is 5.75 Å². The van der Waals surface area contributed by atoms with Gasteiger partial charge in [0.1, 0.15) is 5.75 Å². The zero-order valence-corrected chi connectivity index (χ0v) is 13.1. The van der Waals surface area contributed by atoms with Crippen molar-refractivity contribution in [1.29, 1.82) is 0 Å². The van der Waals surface area contributed by atoms with E-state index < -0.39 is 0 Å². The Morgan fingerprint density at radius 3 is 2.85 bits per heavy atom. The third-order valence-corrected chi connectivity index (χ3v) is 4.62. The number of hydrogen-bond acceptors (Lipinski definition) is 3. The minimum atomic E-state index is 0.619. The van der Waals surface area contributed by atoms with Crippen molar-refractivity contribution in [3.63, 3.8) is 0 Å². The van der Waals surface area contributed by atoms with Crippen LogP contribution < -0.4 is 10.1 Å². The van der Waals surface area contributed by atoms with Crippen molar-refractivity contribution in [3.8, 4) is 5.75 Å². The highest BCUT2D eigenvalue weighted by atomic mass is 16.5. The van der Waals surface area contributed by atoms with E-state index in [9.17, 15) is 0 Å². The van der Waals surface area contributed by atoms with E-state index in [1.54, 1.807) is 0 Å². The van der Waals surface area contributed by atoms with Crippen LogP contribution >= 0.6 is 0 Å². The molecular formula is C17H28N2O. The fourth-order valence-corrected chi connectivity index (χ4v) is 3.49. The van der Waals surface area contributed by atoms with E-state index in [0.717, 1.165) is 24.1 Å². The monoisotopic (exact) mass is 276 g/mol. The van der Waals surface area contributed by atoms with Crippen molar-refractivity contribution in [2.24, 2.45) is 11.8 Å². The van der Waals surface area contributed by atoms with Gasteiger partial charge >= 0.3 is 0 Å². The lowest BCUT2D eigenvalue weighted by Crippen LogP contribution is -2.30. The second-order valence-corrected chi connectivity index (χ2v) is 5.90. The van der Waals surface area contributed by atoms with Crippen LogP contribution in [0.25, 0.3) is 0 Å². The molecule has 1 N–H and O–H groups in total. The van der Waals surface area contributed by atoms with Crippen LogP contribution in [0, 0.1) is 11.8 Å². The van der Waals surface area contributed by atoms with Crippen LogP contribution in [0.2, 0.25) is 0 Å². The second kappa shape index (κ2) is 7.63. The smallest absolute Gasteiger partial charge is 0.137 e. The molecule has 1 saturated carbocycles. The highest BCUT2D eigenvalue weighted by Gasteiger charge is 2.30. The van der Waals surface area contributed by atoms with Gasteiger partial charge in [-0.2, -0.15) is 0 Å².